The molecule has 0 saturated carbocycles. The number of unbranched alkanes of at least 4 members (excludes halogenated alkanes) is 1. The van der Waals surface area contributed by atoms with Gasteiger partial charge in [-0.15, -0.1) is 0 Å². The molecule has 1 unspecified atom stereocenters. The number of aliphatic hydroxyl groups excluding tert-OH is 1. The highest BCUT2D eigenvalue weighted by Crippen LogP contribution is 2.40. The predicted molar refractivity (Wildman–Crippen MR) is 139 cm³/mol. The van der Waals surface area contributed by atoms with Crippen molar-refractivity contribution >= 4 is 17.4 Å². The Morgan fingerprint density at radius 2 is 1.86 bits per heavy atom. The van der Waals surface area contributed by atoms with E-state index in [1.807, 2.05) is 36.4 Å². The zero-order valence-corrected chi connectivity index (χ0v) is 21.0. The number of likely N-dealkylation sites (tertiary alicyclic amines) is 1. The first-order chi connectivity index (χ1) is 17.4. The molecule has 6 heteroatoms. The van der Waals surface area contributed by atoms with Gasteiger partial charge in [-0.25, -0.2) is 0 Å². The van der Waals surface area contributed by atoms with Crippen molar-refractivity contribution in [3.63, 3.8) is 0 Å². The molecule has 6 nitrogen and oxygen atoms in total. The fraction of sp³-hybridized carbons (Fsp3) is 0.300. The van der Waals surface area contributed by atoms with Crippen LogP contribution in [0, 0.1) is 0 Å². The number of carbonyl (C=O) groups is 2. The molecular weight excluding hydrogens is 452 g/mol. The van der Waals surface area contributed by atoms with Crippen LogP contribution in [0.1, 0.15) is 67.8 Å². The molecule has 1 amide bonds. The lowest BCUT2D eigenvalue weighted by Crippen LogP contribution is -2.29. The van der Waals surface area contributed by atoms with E-state index in [1.54, 1.807) is 36.7 Å². The van der Waals surface area contributed by atoms with Gasteiger partial charge in [0.2, 0.25) is 0 Å². The Balaban J connectivity index is 1.79. The number of hydrogen-bond donors (Lipinski definition) is 1. The maximum atomic E-state index is 13.3. The van der Waals surface area contributed by atoms with Gasteiger partial charge in [-0.3, -0.25) is 14.6 Å². The second-order valence-electron chi connectivity index (χ2n) is 9.34. The number of aromatic nitrogens is 1. The van der Waals surface area contributed by atoms with Crippen LogP contribution in [0.2, 0.25) is 0 Å². The lowest BCUT2D eigenvalue weighted by atomic mass is 9.93. The fourth-order valence-corrected chi connectivity index (χ4v) is 4.36. The van der Waals surface area contributed by atoms with Gasteiger partial charge < -0.3 is 14.7 Å². The number of aliphatic hydroxyl groups is 1. The molecule has 36 heavy (non-hydrogen) atoms. The SMILES string of the molecule is CCCCOc1cccc(C(O)=C2C(=O)C(=O)N(Cc3cccnc3)C2c2ccc(C(C)C)cc2)c1. The third kappa shape index (κ3) is 5.33. The Morgan fingerprint density at radius 1 is 1.08 bits per heavy atom. The molecule has 0 bridgehead atoms. The number of ether oxygens (including phenoxy) is 1. The summed E-state index contributed by atoms with van der Waals surface area (Å²) in [4.78, 5) is 32.2. The minimum Gasteiger partial charge on any atom is -0.507 e. The molecule has 0 radical (unpaired) electrons. The molecular formula is C30H32N2O4. The van der Waals surface area contributed by atoms with Crippen LogP contribution >= 0.6 is 0 Å². The summed E-state index contributed by atoms with van der Waals surface area (Å²) in [5.41, 5.74) is 3.23. The first-order valence-corrected chi connectivity index (χ1v) is 12.4. The van der Waals surface area contributed by atoms with Gasteiger partial charge >= 0.3 is 0 Å². The summed E-state index contributed by atoms with van der Waals surface area (Å²) >= 11 is 0. The largest absolute Gasteiger partial charge is 0.507 e. The molecule has 1 aliphatic heterocycles. The molecule has 1 saturated heterocycles. The average Bonchev–Trinajstić information content (AvgIpc) is 3.14. The summed E-state index contributed by atoms with van der Waals surface area (Å²) in [6.45, 7) is 7.08. The van der Waals surface area contributed by atoms with Crippen LogP contribution in [0.3, 0.4) is 0 Å². The van der Waals surface area contributed by atoms with E-state index in [9.17, 15) is 14.7 Å². The minimum absolute atomic E-state index is 0.0758. The summed E-state index contributed by atoms with van der Waals surface area (Å²) in [6.07, 6.45) is 5.27. The van der Waals surface area contributed by atoms with Gasteiger partial charge in [-0.05, 0) is 47.2 Å². The summed E-state index contributed by atoms with van der Waals surface area (Å²) in [5, 5.41) is 11.4. The van der Waals surface area contributed by atoms with Crippen molar-refractivity contribution in [2.24, 2.45) is 0 Å². The van der Waals surface area contributed by atoms with E-state index < -0.39 is 17.7 Å². The van der Waals surface area contributed by atoms with Crippen molar-refractivity contribution in [3.8, 4) is 5.75 Å². The van der Waals surface area contributed by atoms with E-state index >= 15 is 0 Å². The van der Waals surface area contributed by atoms with Gasteiger partial charge in [0.1, 0.15) is 11.5 Å². The van der Waals surface area contributed by atoms with Gasteiger partial charge in [0.25, 0.3) is 11.7 Å². The highest BCUT2D eigenvalue weighted by atomic mass is 16.5. The van der Waals surface area contributed by atoms with Crippen LogP contribution in [0.15, 0.2) is 78.6 Å². The molecule has 0 spiro atoms. The Labute approximate surface area is 212 Å². The van der Waals surface area contributed by atoms with Gasteiger partial charge in [0, 0.05) is 24.5 Å². The van der Waals surface area contributed by atoms with Crippen LogP contribution in [0.25, 0.3) is 5.76 Å². The summed E-state index contributed by atoms with van der Waals surface area (Å²) in [5.74, 6) is -0.604. The molecule has 0 aliphatic carbocycles. The van der Waals surface area contributed by atoms with Crippen LogP contribution in [0.5, 0.6) is 5.75 Å². The van der Waals surface area contributed by atoms with Crippen molar-refractivity contribution in [2.75, 3.05) is 6.61 Å². The average molecular weight is 485 g/mol. The quantitative estimate of drug-likeness (QED) is 0.174. The first-order valence-electron chi connectivity index (χ1n) is 12.4. The molecule has 1 N–H and O–H groups in total. The number of carbonyl (C=O) groups excluding carboxylic acids is 2. The molecule has 1 atom stereocenters. The number of ketones is 1. The Morgan fingerprint density at radius 3 is 2.53 bits per heavy atom. The standard InChI is InChI=1S/C30H32N2O4/c1-4-5-16-36-25-10-6-9-24(17-25)28(33)26-27(23-13-11-22(12-14-23)20(2)3)32(30(35)29(26)34)19-21-8-7-15-31-18-21/h6-15,17-18,20,27,33H,4-5,16,19H2,1-3H3. The normalized spacial score (nSPS) is 17.1. The third-order valence-corrected chi connectivity index (χ3v) is 6.41. The van der Waals surface area contributed by atoms with E-state index in [4.69, 9.17) is 4.74 Å². The molecule has 186 valence electrons. The van der Waals surface area contributed by atoms with Crippen molar-refractivity contribution in [2.45, 2.75) is 52.1 Å². The second-order valence-corrected chi connectivity index (χ2v) is 9.34. The fourth-order valence-electron chi connectivity index (χ4n) is 4.36. The molecule has 1 aliphatic rings. The maximum absolute atomic E-state index is 13.3. The smallest absolute Gasteiger partial charge is 0.295 e. The summed E-state index contributed by atoms with van der Waals surface area (Å²) < 4.78 is 5.79. The number of rotatable bonds is 9. The third-order valence-electron chi connectivity index (χ3n) is 6.41. The van der Waals surface area contributed by atoms with Gasteiger partial charge in [0.05, 0.1) is 18.2 Å². The summed E-state index contributed by atoms with van der Waals surface area (Å²) in [6, 6.07) is 17.8. The van der Waals surface area contributed by atoms with E-state index in [2.05, 4.69) is 25.8 Å². The second kappa shape index (κ2) is 11.2. The van der Waals surface area contributed by atoms with Gasteiger partial charge in [0.15, 0.2) is 0 Å². The Bertz CT molecular complexity index is 1250. The van der Waals surface area contributed by atoms with Crippen molar-refractivity contribution < 1.29 is 19.4 Å². The predicted octanol–water partition coefficient (Wildman–Crippen LogP) is 6.01. The Kier molecular flexibility index (Phi) is 7.84. The monoisotopic (exact) mass is 484 g/mol. The highest BCUT2D eigenvalue weighted by Gasteiger charge is 2.46. The van der Waals surface area contributed by atoms with Gasteiger partial charge in [-0.1, -0.05) is 69.7 Å². The van der Waals surface area contributed by atoms with Crippen LogP contribution in [-0.2, 0) is 16.1 Å². The number of Topliss-reactive ketones (excluding diaryl/α,β-unsaturated/α-hetero) is 1. The number of pyridine rings is 1. The molecule has 4 rings (SSSR count). The number of benzene rings is 2. The molecule has 2 aromatic carbocycles. The van der Waals surface area contributed by atoms with Crippen molar-refractivity contribution in [1.29, 1.82) is 0 Å². The van der Waals surface area contributed by atoms with E-state index in [-0.39, 0.29) is 17.9 Å². The lowest BCUT2D eigenvalue weighted by Gasteiger charge is -2.25. The molecule has 3 aromatic rings. The number of amides is 1. The summed E-state index contributed by atoms with van der Waals surface area (Å²) in [7, 11) is 0. The van der Waals surface area contributed by atoms with Crippen LogP contribution in [-0.4, -0.2) is 33.3 Å². The maximum Gasteiger partial charge on any atom is 0.295 e. The van der Waals surface area contributed by atoms with Crippen molar-refractivity contribution in [3.05, 3.63) is 101 Å². The highest BCUT2D eigenvalue weighted by molar-refractivity contribution is 6.46. The van der Waals surface area contributed by atoms with Crippen molar-refractivity contribution in [1.82, 2.24) is 9.88 Å². The first kappa shape index (κ1) is 25.2. The lowest BCUT2D eigenvalue weighted by molar-refractivity contribution is -0.140. The van der Waals surface area contributed by atoms with E-state index in [0.29, 0.717) is 23.8 Å². The Hall–Kier alpha value is -3.93. The molecule has 2 heterocycles. The van der Waals surface area contributed by atoms with E-state index in [1.165, 1.54) is 4.90 Å². The number of hydrogen-bond acceptors (Lipinski definition) is 5. The van der Waals surface area contributed by atoms with Gasteiger partial charge in [-0.2, -0.15) is 0 Å². The molecule has 1 fully saturated rings. The zero-order valence-electron chi connectivity index (χ0n) is 21.0. The van der Waals surface area contributed by atoms with E-state index in [0.717, 1.165) is 29.5 Å². The van der Waals surface area contributed by atoms with Crippen LogP contribution < -0.4 is 4.74 Å². The minimum atomic E-state index is -0.726. The zero-order chi connectivity index (χ0) is 25.7. The topological polar surface area (TPSA) is 79.7 Å². The molecule has 1 aromatic heterocycles. The number of nitrogens with zero attached hydrogens (tertiary/aromatic N) is 2. The van der Waals surface area contributed by atoms with Crippen LogP contribution in [0.4, 0.5) is 0 Å².